The molecule has 4 aromatic rings. The first kappa shape index (κ1) is 20.8. The molecule has 2 heterocycles. The van der Waals surface area contributed by atoms with Gasteiger partial charge in [0.15, 0.2) is 0 Å². The number of pyridine rings is 1. The van der Waals surface area contributed by atoms with Gasteiger partial charge in [-0.2, -0.15) is 0 Å². The third kappa shape index (κ3) is 4.84. The van der Waals surface area contributed by atoms with Gasteiger partial charge in [-0.15, -0.1) is 0 Å². The van der Waals surface area contributed by atoms with Crippen LogP contribution in [0.3, 0.4) is 0 Å². The molecule has 0 atom stereocenters. The summed E-state index contributed by atoms with van der Waals surface area (Å²) < 4.78 is 5.15. The van der Waals surface area contributed by atoms with Crippen molar-refractivity contribution in [3.8, 4) is 11.3 Å². The number of aliphatic carboxylic acids is 1. The van der Waals surface area contributed by atoms with Crippen LogP contribution in [-0.2, 0) is 16.1 Å². The van der Waals surface area contributed by atoms with Gasteiger partial charge in [0.25, 0.3) is 5.56 Å². The SMILES string of the molecule is COCCN(CCC(=O)O)Cc1ccc2[nH]c(-c3cc4ccccc4[nH]c3=O)cc2c1. The fraction of sp³-hybridized carbons (Fsp3) is 0.250. The molecule has 2 aromatic carbocycles. The molecule has 7 nitrogen and oxygen atoms in total. The number of para-hydroxylation sites is 1. The van der Waals surface area contributed by atoms with Crippen molar-refractivity contribution in [3.05, 3.63) is 70.5 Å². The van der Waals surface area contributed by atoms with Crippen LogP contribution in [0.25, 0.3) is 33.1 Å². The molecule has 0 amide bonds. The van der Waals surface area contributed by atoms with Crippen molar-refractivity contribution in [1.82, 2.24) is 14.9 Å². The third-order valence-electron chi connectivity index (χ3n) is 5.39. The predicted octanol–water partition coefficient (Wildman–Crippen LogP) is 3.60. The zero-order valence-corrected chi connectivity index (χ0v) is 17.4. The summed E-state index contributed by atoms with van der Waals surface area (Å²) in [6.07, 6.45) is 0.0883. The summed E-state index contributed by atoms with van der Waals surface area (Å²) in [5, 5.41) is 11.0. The van der Waals surface area contributed by atoms with Crippen LogP contribution >= 0.6 is 0 Å². The minimum Gasteiger partial charge on any atom is -0.481 e. The minimum absolute atomic E-state index is 0.0883. The fourth-order valence-corrected chi connectivity index (χ4v) is 3.78. The van der Waals surface area contributed by atoms with E-state index in [2.05, 4.69) is 20.9 Å². The Kier molecular flexibility index (Phi) is 6.16. The number of hydrogen-bond donors (Lipinski definition) is 3. The largest absolute Gasteiger partial charge is 0.481 e. The normalized spacial score (nSPS) is 11.5. The van der Waals surface area contributed by atoms with Crippen LogP contribution < -0.4 is 5.56 Å². The van der Waals surface area contributed by atoms with Crippen molar-refractivity contribution in [2.24, 2.45) is 0 Å². The molecule has 0 aliphatic carbocycles. The molecular formula is C24H25N3O4. The Hall–Kier alpha value is -3.42. The summed E-state index contributed by atoms with van der Waals surface area (Å²) in [6.45, 7) is 2.29. The van der Waals surface area contributed by atoms with Gasteiger partial charge in [-0.05, 0) is 41.3 Å². The van der Waals surface area contributed by atoms with E-state index < -0.39 is 5.97 Å². The Balaban J connectivity index is 1.61. The van der Waals surface area contributed by atoms with Crippen LogP contribution in [0.1, 0.15) is 12.0 Å². The molecule has 0 fully saturated rings. The number of carbonyl (C=O) groups is 1. The number of hydrogen-bond acceptors (Lipinski definition) is 4. The van der Waals surface area contributed by atoms with Crippen molar-refractivity contribution in [2.45, 2.75) is 13.0 Å². The number of aromatic amines is 2. The lowest BCUT2D eigenvalue weighted by Crippen LogP contribution is -2.29. The van der Waals surface area contributed by atoms with Gasteiger partial charge in [-0.1, -0.05) is 24.3 Å². The zero-order valence-electron chi connectivity index (χ0n) is 17.4. The first-order valence-electron chi connectivity index (χ1n) is 10.2. The molecule has 3 N–H and O–H groups in total. The second-order valence-corrected chi connectivity index (χ2v) is 7.62. The van der Waals surface area contributed by atoms with E-state index in [0.29, 0.717) is 31.8 Å². The van der Waals surface area contributed by atoms with Gasteiger partial charge in [0.1, 0.15) is 0 Å². The van der Waals surface area contributed by atoms with Gasteiger partial charge in [-0.3, -0.25) is 14.5 Å². The summed E-state index contributed by atoms with van der Waals surface area (Å²) in [5.41, 5.74) is 4.06. The van der Waals surface area contributed by atoms with Crippen LogP contribution in [0.5, 0.6) is 0 Å². The Labute approximate surface area is 179 Å². The second kappa shape index (κ2) is 9.16. The maximum atomic E-state index is 12.6. The van der Waals surface area contributed by atoms with E-state index in [4.69, 9.17) is 9.84 Å². The Morgan fingerprint density at radius 1 is 1.00 bits per heavy atom. The molecule has 0 bridgehead atoms. The highest BCUT2D eigenvalue weighted by Crippen LogP contribution is 2.25. The summed E-state index contributed by atoms with van der Waals surface area (Å²) >= 11 is 0. The molecule has 0 aliphatic heterocycles. The second-order valence-electron chi connectivity index (χ2n) is 7.62. The van der Waals surface area contributed by atoms with Gasteiger partial charge in [-0.25, -0.2) is 0 Å². The third-order valence-corrected chi connectivity index (χ3v) is 5.39. The number of ether oxygens (including phenoxy) is 1. The summed E-state index contributed by atoms with van der Waals surface area (Å²) in [4.78, 5) is 31.9. The summed E-state index contributed by atoms with van der Waals surface area (Å²) in [6, 6.07) is 17.7. The van der Waals surface area contributed by atoms with E-state index >= 15 is 0 Å². The number of rotatable bonds is 9. The van der Waals surface area contributed by atoms with E-state index in [1.165, 1.54) is 0 Å². The van der Waals surface area contributed by atoms with Crippen LogP contribution in [-0.4, -0.2) is 52.7 Å². The molecule has 4 rings (SSSR count). The van der Waals surface area contributed by atoms with Gasteiger partial charge >= 0.3 is 5.97 Å². The average Bonchev–Trinajstić information content (AvgIpc) is 3.18. The highest BCUT2D eigenvalue weighted by molar-refractivity contribution is 5.89. The van der Waals surface area contributed by atoms with Crippen molar-refractivity contribution in [3.63, 3.8) is 0 Å². The molecule has 0 spiro atoms. The van der Waals surface area contributed by atoms with Crippen molar-refractivity contribution in [2.75, 3.05) is 26.8 Å². The number of benzene rings is 2. The van der Waals surface area contributed by atoms with E-state index in [9.17, 15) is 9.59 Å². The highest BCUT2D eigenvalue weighted by atomic mass is 16.5. The van der Waals surface area contributed by atoms with Gasteiger partial charge in [0.05, 0.1) is 24.3 Å². The Morgan fingerprint density at radius 2 is 1.81 bits per heavy atom. The van der Waals surface area contributed by atoms with E-state index in [0.717, 1.165) is 33.1 Å². The lowest BCUT2D eigenvalue weighted by atomic mass is 10.1. The van der Waals surface area contributed by atoms with Crippen molar-refractivity contribution in [1.29, 1.82) is 0 Å². The monoisotopic (exact) mass is 419 g/mol. The molecule has 0 radical (unpaired) electrons. The topological polar surface area (TPSA) is 98.4 Å². The number of aromatic nitrogens is 2. The molecule has 0 saturated carbocycles. The van der Waals surface area contributed by atoms with Crippen LogP contribution in [0.2, 0.25) is 0 Å². The number of H-pyrrole nitrogens is 2. The Morgan fingerprint density at radius 3 is 2.61 bits per heavy atom. The van der Waals surface area contributed by atoms with E-state index in [-0.39, 0.29) is 12.0 Å². The van der Waals surface area contributed by atoms with Crippen LogP contribution in [0, 0.1) is 0 Å². The van der Waals surface area contributed by atoms with Gasteiger partial charge < -0.3 is 19.8 Å². The minimum atomic E-state index is -0.811. The number of fused-ring (bicyclic) bond motifs is 2. The van der Waals surface area contributed by atoms with Crippen LogP contribution in [0.15, 0.2) is 59.4 Å². The van der Waals surface area contributed by atoms with Gasteiger partial charge in [0.2, 0.25) is 0 Å². The molecule has 0 unspecified atom stereocenters. The maximum Gasteiger partial charge on any atom is 0.304 e. The lowest BCUT2D eigenvalue weighted by molar-refractivity contribution is -0.137. The average molecular weight is 419 g/mol. The van der Waals surface area contributed by atoms with E-state index in [1.54, 1.807) is 7.11 Å². The van der Waals surface area contributed by atoms with Gasteiger partial charge in [0, 0.05) is 43.2 Å². The molecule has 31 heavy (non-hydrogen) atoms. The van der Waals surface area contributed by atoms with Crippen LogP contribution in [0.4, 0.5) is 0 Å². The highest BCUT2D eigenvalue weighted by Gasteiger charge is 2.12. The zero-order chi connectivity index (χ0) is 21.8. The van der Waals surface area contributed by atoms with Crippen molar-refractivity contribution >= 4 is 27.8 Å². The standard InChI is InChI=1S/C24H25N3O4/c1-31-11-10-27(9-8-23(28)29)15-16-6-7-21-18(12-16)14-22(25-21)19-13-17-4-2-3-5-20(17)26-24(19)30/h2-7,12-14,25H,8-11,15H2,1H3,(H,26,30)(H,28,29). The molecule has 2 aromatic heterocycles. The molecule has 0 saturated heterocycles. The quantitative estimate of drug-likeness (QED) is 0.385. The lowest BCUT2D eigenvalue weighted by Gasteiger charge is -2.21. The first-order chi connectivity index (χ1) is 15.0. The number of methoxy groups -OCH3 is 1. The van der Waals surface area contributed by atoms with Crippen molar-refractivity contribution < 1.29 is 14.6 Å². The summed E-state index contributed by atoms with van der Waals surface area (Å²) in [5.74, 6) is -0.811. The first-order valence-corrected chi connectivity index (χ1v) is 10.2. The molecule has 7 heteroatoms. The predicted molar refractivity (Wildman–Crippen MR) is 121 cm³/mol. The number of nitrogens with one attached hydrogen (secondary N) is 2. The number of carboxylic acid groups (broad SMARTS) is 1. The van der Waals surface area contributed by atoms with E-state index in [1.807, 2.05) is 48.5 Å². The molecular weight excluding hydrogens is 394 g/mol. The molecule has 160 valence electrons. The molecule has 0 aliphatic rings. The Bertz CT molecular complexity index is 1270. The smallest absolute Gasteiger partial charge is 0.304 e. The fourth-order valence-electron chi connectivity index (χ4n) is 3.78. The number of nitrogens with zero attached hydrogens (tertiary/aromatic N) is 1. The summed E-state index contributed by atoms with van der Waals surface area (Å²) in [7, 11) is 1.64. The number of carboxylic acids is 1. The maximum absolute atomic E-state index is 12.6.